The highest BCUT2D eigenvalue weighted by Crippen LogP contribution is 2.40. The first-order valence-electron chi connectivity index (χ1n) is 14.3. The Morgan fingerprint density at radius 2 is 1.86 bits per heavy atom. The molecular weight excluding hydrogens is 556 g/mol. The molecule has 1 spiro atoms. The maximum Gasteiger partial charge on any atom is 0.338 e. The van der Waals surface area contributed by atoms with E-state index < -0.39 is 21.5 Å². The number of rotatable bonds is 10. The summed E-state index contributed by atoms with van der Waals surface area (Å²) in [6, 6.07) is 11.7. The number of aliphatic imine (C=N–C) groups is 1. The monoisotopic (exact) mass is 592 g/mol. The van der Waals surface area contributed by atoms with E-state index >= 15 is 0 Å². The van der Waals surface area contributed by atoms with E-state index in [1.807, 2.05) is 0 Å². The smallest absolute Gasteiger partial charge is 0.338 e. The molecule has 1 aliphatic heterocycles. The van der Waals surface area contributed by atoms with Crippen LogP contribution in [-0.2, 0) is 26.1 Å². The second-order valence-electron chi connectivity index (χ2n) is 10.9. The molecule has 1 N–H and O–H groups in total. The number of benzene rings is 2. The number of aromatic nitrogens is 1. The fourth-order valence-electron chi connectivity index (χ4n) is 5.69. The lowest BCUT2D eigenvalue weighted by molar-refractivity contribution is -0.131. The van der Waals surface area contributed by atoms with Crippen LogP contribution in [0, 0.1) is 13.8 Å². The van der Waals surface area contributed by atoms with Crippen LogP contribution in [0.4, 0.5) is 5.82 Å². The molecule has 0 atom stereocenters. The topological polar surface area (TPSA) is 131 Å². The van der Waals surface area contributed by atoms with Crippen molar-refractivity contribution in [3.05, 3.63) is 64.9 Å². The Hall–Kier alpha value is -3.99. The minimum Gasteiger partial charge on any atom is -0.465 e. The standard InChI is InChI=1S/C31H36N4O6S/c1-5-6-13-27-32-31(16-9-10-17-31)30(37)35(27)19-22-14-15-24(23-11-7-8-12-25(23)29(36)40-4)26(18-22)42(38,39)34-28-20(2)21(3)41-33-28/h7-8,11-12,14-15,18H,5-6,9-10,13,16-17,19H2,1-4H3,(H,33,34). The third kappa shape index (κ3) is 5.45. The quantitative estimate of drug-likeness (QED) is 0.295. The van der Waals surface area contributed by atoms with Crippen molar-refractivity contribution in [2.45, 2.75) is 82.7 Å². The maximum absolute atomic E-state index is 14.0. The van der Waals surface area contributed by atoms with Gasteiger partial charge in [-0.2, -0.15) is 0 Å². The molecule has 0 saturated heterocycles. The zero-order chi connectivity index (χ0) is 30.1. The summed E-state index contributed by atoms with van der Waals surface area (Å²) in [7, 11) is -2.95. The third-order valence-corrected chi connectivity index (χ3v) is 9.55. The van der Waals surface area contributed by atoms with Gasteiger partial charge in [0.05, 0.1) is 24.1 Å². The van der Waals surface area contributed by atoms with Gasteiger partial charge in [0.15, 0.2) is 5.82 Å². The van der Waals surface area contributed by atoms with E-state index in [-0.39, 0.29) is 28.7 Å². The molecule has 10 nitrogen and oxygen atoms in total. The molecule has 11 heteroatoms. The van der Waals surface area contributed by atoms with Crippen molar-refractivity contribution >= 4 is 33.6 Å². The molecule has 2 aliphatic rings. The molecule has 0 unspecified atom stereocenters. The molecular formula is C31H36N4O6S. The first kappa shape index (κ1) is 29.5. The number of esters is 1. The molecule has 1 aromatic heterocycles. The van der Waals surface area contributed by atoms with Crippen LogP contribution in [0.25, 0.3) is 11.1 Å². The van der Waals surface area contributed by atoms with Gasteiger partial charge < -0.3 is 9.26 Å². The van der Waals surface area contributed by atoms with Crippen molar-refractivity contribution in [1.29, 1.82) is 0 Å². The van der Waals surface area contributed by atoms with Gasteiger partial charge in [-0.3, -0.25) is 19.4 Å². The number of nitrogens with one attached hydrogen (secondary N) is 1. The van der Waals surface area contributed by atoms with E-state index in [9.17, 15) is 18.0 Å². The Morgan fingerprint density at radius 1 is 1.12 bits per heavy atom. The molecule has 2 heterocycles. The summed E-state index contributed by atoms with van der Waals surface area (Å²) >= 11 is 0. The van der Waals surface area contributed by atoms with E-state index in [0.717, 1.165) is 44.4 Å². The molecule has 42 heavy (non-hydrogen) atoms. The van der Waals surface area contributed by atoms with Crippen LogP contribution in [0.2, 0.25) is 0 Å². The average molecular weight is 593 g/mol. The third-order valence-electron chi connectivity index (χ3n) is 8.17. The average Bonchev–Trinajstić information content (AvgIpc) is 3.66. The number of hydrogen-bond donors (Lipinski definition) is 1. The van der Waals surface area contributed by atoms with Crippen LogP contribution in [0.3, 0.4) is 0 Å². The second-order valence-corrected chi connectivity index (χ2v) is 12.6. The molecule has 222 valence electrons. The molecule has 1 saturated carbocycles. The number of sulfonamides is 1. The lowest BCUT2D eigenvalue weighted by Gasteiger charge is -2.23. The van der Waals surface area contributed by atoms with Crippen molar-refractivity contribution in [3.8, 4) is 11.1 Å². The number of anilines is 1. The Kier molecular flexibility index (Phi) is 8.23. The number of ether oxygens (including phenoxy) is 1. The first-order valence-corrected chi connectivity index (χ1v) is 15.8. The van der Waals surface area contributed by atoms with Crippen LogP contribution in [0.1, 0.15) is 79.1 Å². The van der Waals surface area contributed by atoms with Crippen molar-refractivity contribution in [1.82, 2.24) is 10.1 Å². The lowest BCUT2D eigenvalue weighted by Crippen LogP contribution is -2.40. The summed E-state index contributed by atoms with van der Waals surface area (Å²) in [6.07, 6.45) is 5.97. The van der Waals surface area contributed by atoms with Gasteiger partial charge in [-0.05, 0) is 56.4 Å². The minimum absolute atomic E-state index is 0.0116. The summed E-state index contributed by atoms with van der Waals surface area (Å²) in [5, 5.41) is 3.87. The van der Waals surface area contributed by atoms with Gasteiger partial charge >= 0.3 is 5.97 Å². The van der Waals surface area contributed by atoms with Gasteiger partial charge in [-0.25, -0.2) is 13.2 Å². The summed E-state index contributed by atoms with van der Waals surface area (Å²) in [6.45, 7) is 5.69. The highest BCUT2D eigenvalue weighted by Gasteiger charge is 2.49. The van der Waals surface area contributed by atoms with E-state index in [1.54, 1.807) is 61.2 Å². The number of amides is 1. The normalized spacial score (nSPS) is 16.2. The van der Waals surface area contributed by atoms with Crippen molar-refractivity contribution in [3.63, 3.8) is 0 Å². The lowest BCUT2D eigenvalue weighted by atomic mass is 9.97. The number of carbonyl (C=O) groups is 2. The van der Waals surface area contributed by atoms with E-state index in [1.165, 1.54) is 7.11 Å². The Labute approximate surface area is 246 Å². The van der Waals surface area contributed by atoms with Gasteiger partial charge in [0.25, 0.3) is 15.9 Å². The van der Waals surface area contributed by atoms with Gasteiger partial charge in [0.2, 0.25) is 0 Å². The molecule has 0 bridgehead atoms. The maximum atomic E-state index is 14.0. The minimum atomic E-state index is -4.23. The molecule has 0 radical (unpaired) electrons. The molecule has 1 fully saturated rings. The van der Waals surface area contributed by atoms with Crippen LogP contribution < -0.4 is 4.72 Å². The zero-order valence-electron chi connectivity index (χ0n) is 24.4. The van der Waals surface area contributed by atoms with Crippen molar-refractivity contribution in [2.24, 2.45) is 4.99 Å². The number of aryl methyl sites for hydroxylation is 1. The Morgan fingerprint density at radius 3 is 2.52 bits per heavy atom. The first-order chi connectivity index (χ1) is 20.1. The zero-order valence-corrected chi connectivity index (χ0v) is 25.2. The van der Waals surface area contributed by atoms with Crippen molar-refractivity contribution in [2.75, 3.05) is 11.8 Å². The molecule has 5 rings (SSSR count). The Bertz CT molecular complexity index is 1650. The van der Waals surface area contributed by atoms with Crippen LogP contribution >= 0.6 is 0 Å². The summed E-state index contributed by atoms with van der Waals surface area (Å²) < 4.78 is 40.6. The van der Waals surface area contributed by atoms with Crippen molar-refractivity contribution < 1.29 is 27.3 Å². The van der Waals surface area contributed by atoms with Crippen LogP contribution in [0.5, 0.6) is 0 Å². The highest BCUT2D eigenvalue weighted by atomic mass is 32.2. The number of carbonyl (C=O) groups excluding carboxylic acids is 2. The summed E-state index contributed by atoms with van der Waals surface area (Å²) in [5.74, 6) is 0.736. The predicted molar refractivity (Wildman–Crippen MR) is 159 cm³/mol. The van der Waals surface area contributed by atoms with Gasteiger partial charge in [-0.1, -0.05) is 61.7 Å². The van der Waals surface area contributed by atoms with E-state index in [2.05, 4.69) is 16.8 Å². The Balaban J connectivity index is 1.59. The van der Waals surface area contributed by atoms with Crippen LogP contribution in [0.15, 0.2) is 56.9 Å². The van der Waals surface area contributed by atoms with Gasteiger partial charge in [0.1, 0.15) is 17.1 Å². The fourth-order valence-corrected chi connectivity index (χ4v) is 7.02. The van der Waals surface area contributed by atoms with Gasteiger partial charge in [-0.15, -0.1) is 0 Å². The highest BCUT2D eigenvalue weighted by molar-refractivity contribution is 7.92. The molecule has 1 aliphatic carbocycles. The molecule has 3 aromatic rings. The number of hydrogen-bond acceptors (Lipinski definition) is 8. The number of nitrogens with zero attached hydrogens (tertiary/aromatic N) is 3. The second kappa shape index (κ2) is 11.7. The van der Waals surface area contributed by atoms with Gasteiger partial charge in [0, 0.05) is 17.5 Å². The molecule has 2 aromatic carbocycles. The summed E-state index contributed by atoms with van der Waals surface area (Å²) in [4.78, 5) is 33.0. The fraction of sp³-hybridized carbons (Fsp3) is 0.419. The largest absolute Gasteiger partial charge is 0.465 e. The number of amidine groups is 1. The number of methoxy groups -OCH3 is 1. The van der Waals surface area contributed by atoms with E-state index in [0.29, 0.717) is 34.4 Å². The molecule has 1 amide bonds. The van der Waals surface area contributed by atoms with E-state index in [4.69, 9.17) is 14.3 Å². The summed E-state index contributed by atoms with van der Waals surface area (Å²) in [5.41, 5.74) is 1.43. The van der Waals surface area contributed by atoms with Crippen LogP contribution in [-0.4, -0.2) is 48.8 Å². The SMILES string of the molecule is CCCCC1=NC2(CCCC2)C(=O)N1Cc1ccc(-c2ccccc2C(=O)OC)c(S(=O)(=O)Nc2noc(C)c2C)c1. The number of unbranched alkanes of at least 4 members (excludes halogenated alkanes) is 1. The predicted octanol–water partition coefficient (Wildman–Crippen LogP) is 5.79.